The van der Waals surface area contributed by atoms with E-state index in [4.69, 9.17) is 16.7 Å². The molecule has 0 aliphatic rings. The van der Waals surface area contributed by atoms with Crippen LogP contribution in [0.1, 0.15) is 20.7 Å². The molecule has 21 heavy (non-hydrogen) atoms. The topological polar surface area (TPSA) is 86.6 Å². The zero-order chi connectivity index (χ0) is 15.6. The van der Waals surface area contributed by atoms with Crippen molar-refractivity contribution in [2.45, 2.75) is 0 Å². The third-order valence-corrected chi connectivity index (χ3v) is 3.66. The highest BCUT2D eigenvalue weighted by Crippen LogP contribution is 2.25. The summed E-state index contributed by atoms with van der Waals surface area (Å²) in [6.07, 6.45) is 0. The van der Waals surface area contributed by atoms with E-state index >= 15 is 0 Å². The molecule has 0 aliphatic heterocycles. The van der Waals surface area contributed by atoms with E-state index in [2.05, 4.69) is 21.2 Å². The molecule has 0 unspecified atom stereocenters. The maximum Gasteiger partial charge on any atom is 0.337 e. The first-order chi connectivity index (χ1) is 9.88. The fraction of sp³-hybridized carbons (Fsp3) is 0. The number of rotatable bonds is 3. The number of nitrogens with one attached hydrogen (secondary N) is 1. The molecule has 0 fully saturated rings. The van der Waals surface area contributed by atoms with Crippen LogP contribution in [0.25, 0.3) is 0 Å². The highest BCUT2D eigenvalue weighted by atomic mass is 79.9. The lowest BCUT2D eigenvalue weighted by Gasteiger charge is -2.08. The van der Waals surface area contributed by atoms with Crippen molar-refractivity contribution >= 4 is 45.1 Å². The first-order valence-corrected chi connectivity index (χ1v) is 6.88. The van der Waals surface area contributed by atoms with Gasteiger partial charge >= 0.3 is 5.97 Å². The Kier molecular flexibility index (Phi) is 4.50. The number of hydrogen-bond acceptors (Lipinski definition) is 3. The Hall–Kier alpha value is -2.05. The van der Waals surface area contributed by atoms with Crippen molar-refractivity contribution in [1.82, 2.24) is 0 Å². The third kappa shape index (κ3) is 3.53. The minimum Gasteiger partial charge on any atom is -0.507 e. The van der Waals surface area contributed by atoms with Crippen LogP contribution in [-0.4, -0.2) is 22.1 Å². The van der Waals surface area contributed by atoms with Gasteiger partial charge < -0.3 is 15.5 Å². The highest BCUT2D eigenvalue weighted by molar-refractivity contribution is 9.10. The van der Waals surface area contributed by atoms with Gasteiger partial charge in [-0.15, -0.1) is 0 Å². The summed E-state index contributed by atoms with van der Waals surface area (Å²) in [6.45, 7) is 0. The van der Waals surface area contributed by atoms with Gasteiger partial charge in [0.15, 0.2) is 0 Å². The second kappa shape index (κ2) is 6.15. The zero-order valence-electron chi connectivity index (χ0n) is 10.4. The lowest BCUT2D eigenvalue weighted by Crippen LogP contribution is -2.12. The van der Waals surface area contributed by atoms with Crippen molar-refractivity contribution in [2.75, 3.05) is 5.32 Å². The molecule has 1 amide bonds. The Labute approximate surface area is 133 Å². The first-order valence-electron chi connectivity index (χ1n) is 5.71. The van der Waals surface area contributed by atoms with Gasteiger partial charge in [0.25, 0.3) is 5.91 Å². The Morgan fingerprint density at radius 2 is 1.86 bits per heavy atom. The lowest BCUT2D eigenvalue weighted by atomic mass is 10.1. The van der Waals surface area contributed by atoms with Gasteiger partial charge in [0.05, 0.1) is 15.1 Å². The van der Waals surface area contributed by atoms with Gasteiger partial charge in [-0.3, -0.25) is 4.79 Å². The maximum atomic E-state index is 12.0. The van der Waals surface area contributed by atoms with Crippen molar-refractivity contribution in [3.63, 3.8) is 0 Å². The molecule has 0 spiro atoms. The molecule has 0 atom stereocenters. The molecule has 0 aliphatic carbocycles. The van der Waals surface area contributed by atoms with E-state index in [1.54, 1.807) is 0 Å². The van der Waals surface area contributed by atoms with E-state index in [-0.39, 0.29) is 21.9 Å². The van der Waals surface area contributed by atoms with Crippen molar-refractivity contribution in [2.24, 2.45) is 0 Å². The number of amides is 1. The number of carbonyl (C=O) groups excluding carboxylic acids is 1. The molecule has 0 radical (unpaired) electrons. The van der Waals surface area contributed by atoms with Crippen LogP contribution >= 0.6 is 27.5 Å². The molecular weight excluding hydrogens is 362 g/mol. The SMILES string of the molecule is O=C(Nc1ccc(Cl)c(C(=O)O)c1)c1ccc(Br)c(O)c1. The minimum atomic E-state index is -1.18. The number of phenols is 1. The minimum absolute atomic E-state index is 0.0648. The fourth-order valence-electron chi connectivity index (χ4n) is 1.62. The summed E-state index contributed by atoms with van der Waals surface area (Å²) >= 11 is 8.87. The fourth-order valence-corrected chi connectivity index (χ4v) is 2.07. The van der Waals surface area contributed by atoms with Gasteiger partial charge in [0.2, 0.25) is 0 Å². The summed E-state index contributed by atoms with van der Waals surface area (Å²) in [6, 6.07) is 8.50. The van der Waals surface area contributed by atoms with Crippen LogP contribution in [0.4, 0.5) is 5.69 Å². The van der Waals surface area contributed by atoms with E-state index in [0.29, 0.717) is 10.2 Å². The molecule has 2 aromatic carbocycles. The third-order valence-electron chi connectivity index (χ3n) is 2.66. The van der Waals surface area contributed by atoms with Crippen LogP contribution in [0.2, 0.25) is 5.02 Å². The molecule has 7 heteroatoms. The van der Waals surface area contributed by atoms with Crippen LogP contribution < -0.4 is 5.32 Å². The summed E-state index contributed by atoms with van der Waals surface area (Å²) in [7, 11) is 0. The van der Waals surface area contributed by atoms with Gasteiger partial charge in [-0.05, 0) is 52.3 Å². The summed E-state index contributed by atoms with van der Waals surface area (Å²) in [5.74, 6) is -1.72. The standard InChI is InChI=1S/C14H9BrClNO4/c15-10-3-1-7(5-12(10)18)13(19)17-8-2-4-11(16)9(6-8)14(20)21/h1-6,18H,(H,17,19)(H,20,21). The quantitative estimate of drug-likeness (QED) is 0.768. The monoisotopic (exact) mass is 369 g/mol. The molecule has 3 N–H and O–H groups in total. The summed E-state index contributed by atoms with van der Waals surface area (Å²) in [4.78, 5) is 23.0. The molecule has 0 saturated carbocycles. The Bertz CT molecular complexity index is 733. The van der Waals surface area contributed by atoms with Gasteiger partial charge in [-0.2, -0.15) is 0 Å². The first kappa shape index (κ1) is 15.3. The van der Waals surface area contributed by atoms with E-state index in [1.807, 2.05) is 0 Å². The predicted octanol–water partition coefficient (Wildman–Crippen LogP) is 3.76. The largest absolute Gasteiger partial charge is 0.507 e. The summed E-state index contributed by atoms with van der Waals surface area (Å²) < 4.78 is 0.471. The van der Waals surface area contributed by atoms with E-state index in [9.17, 15) is 14.7 Å². The van der Waals surface area contributed by atoms with E-state index < -0.39 is 11.9 Å². The smallest absolute Gasteiger partial charge is 0.337 e. The number of carbonyl (C=O) groups is 2. The maximum absolute atomic E-state index is 12.0. The second-order valence-electron chi connectivity index (χ2n) is 4.12. The molecule has 0 saturated heterocycles. The Balaban J connectivity index is 2.25. The van der Waals surface area contributed by atoms with Crippen molar-refractivity contribution in [1.29, 1.82) is 0 Å². The molecule has 0 bridgehead atoms. The molecule has 108 valence electrons. The number of carboxylic acid groups (broad SMARTS) is 1. The Morgan fingerprint density at radius 3 is 2.48 bits per heavy atom. The molecule has 2 aromatic rings. The number of aromatic carboxylic acids is 1. The number of phenolic OH excluding ortho intramolecular Hbond substituents is 1. The van der Waals surface area contributed by atoms with Gasteiger partial charge in [-0.25, -0.2) is 4.79 Å². The number of benzene rings is 2. The van der Waals surface area contributed by atoms with Gasteiger partial charge in [0, 0.05) is 11.3 Å². The molecular formula is C14H9BrClNO4. The second-order valence-corrected chi connectivity index (χ2v) is 5.38. The highest BCUT2D eigenvalue weighted by Gasteiger charge is 2.12. The van der Waals surface area contributed by atoms with Crippen molar-refractivity contribution in [3.8, 4) is 5.75 Å². The molecule has 5 nitrogen and oxygen atoms in total. The average molecular weight is 371 g/mol. The van der Waals surface area contributed by atoms with Crippen LogP contribution in [-0.2, 0) is 0 Å². The molecule has 0 heterocycles. The van der Waals surface area contributed by atoms with Crippen molar-refractivity contribution < 1.29 is 19.8 Å². The van der Waals surface area contributed by atoms with E-state index in [1.165, 1.54) is 36.4 Å². The molecule has 0 aromatic heterocycles. The number of halogens is 2. The zero-order valence-corrected chi connectivity index (χ0v) is 12.8. The number of hydrogen-bond donors (Lipinski definition) is 3. The molecule has 2 rings (SSSR count). The summed E-state index contributed by atoms with van der Waals surface area (Å²) in [5.41, 5.74) is 0.430. The van der Waals surface area contributed by atoms with Gasteiger partial charge in [-0.1, -0.05) is 11.6 Å². The van der Waals surface area contributed by atoms with Crippen molar-refractivity contribution in [3.05, 3.63) is 57.0 Å². The predicted molar refractivity (Wildman–Crippen MR) is 82.2 cm³/mol. The number of anilines is 1. The Morgan fingerprint density at radius 1 is 1.14 bits per heavy atom. The van der Waals surface area contributed by atoms with Crippen LogP contribution in [0.5, 0.6) is 5.75 Å². The number of aromatic hydroxyl groups is 1. The van der Waals surface area contributed by atoms with Crippen LogP contribution in [0, 0.1) is 0 Å². The van der Waals surface area contributed by atoms with Crippen LogP contribution in [0.15, 0.2) is 40.9 Å². The number of carboxylic acids is 1. The normalized spacial score (nSPS) is 10.2. The van der Waals surface area contributed by atoms with E-state index in [0.717, 1.165) is 0 Å². The van der Waals surface area contributed by atoms with Gasteiger partial charge in [0.1, 0.15) is 5.75 Å². The lowest BCUT2D eigenvalue weighted by molar-refractivity contribution is 0.0696. The summed E-state index contributed by atoms with van der Waals surface area (Å²) in [5, 5.41) is 21.1. The van der Waals surface area contributed by atoms with Crippen LogP contribution in [0.3, 0.4) is 0 Å². The average Bonchev–Trinajstić information content (AvgIpc) is 2.43.